The third kappa shape index (κ3) is 3.19. The molecule has 0 bridgehead atoms. The number of piperidine rings is 1. The van der Waals surface area contributed by atoms with Gasteiger partial charge in [-0.15, -0.1) is 0 Å². The van der Waals surface area contributed by atoms with Crippen LogP contribution in [0.4, 0.5) is 5.69 Å². The van der Waals surface area contributed by atoms with Crippen LogP contribution in [0.3, 0.4) is 0 Å². The van der Waals surface area contributed by atoms with Gasteiger partial charge in [0.1, 0.15) is 0 Å². The molecule has 20 heavy (non-hydrogen) atoms. The predicted molar refractivity (Wildman–Crippen MR) is 80.5 cm³/mol. The largest absolute Gasteiger partial charge is 0.385 e. The molecular weight excluding hydrogens is 252 g/mol. The first-order valence-electron chi connectivity index (χ1n) is 7.17. The lowest BCUT2D eigenvalue weighted by atomic mass is 9.84. The summed E-state index contributed by atoms with van der Waals surface area (Å²) in [5.74, 6) is -0.0394. The average molecular weight is 276 g/mol. The number of nitrogens with one attached hydrogen (secondary N) is 2. The number of anilines is 1. The molecule has 0 spiro atoms. The van der Waals surface area contributed by atoms with Crippen molar-refractivity contribution in [2.45, 2.75) is 39.2 Å². The van der Waals surface area contributed by atoms with E-state index in [2.05, 4.69) is 10.6 Å². The lowest BCUT2D eigenvalue weighted by Gasteiger charge is -2.34. The third-order valence-electron chi connectivity index (χ3n) is 3.79. The van der Waals surface area contributed by atoms with Crippen molar-refractivity contribution in [2.75, 3.05) is 18.4 Å². The second kappa shape index (κ2) is 5.54. The summed E-state index contributed by atoms with van der Waals surface area (Å²) in [6.07, 6.45) is 1.32. The van der Waals surface area contributed by atoms with Crippen LogP contribution in [0, 0.1) is 5.41 Å². The highest BCUT2D eigenvalue weighted by molar-refractivity contribution is 5.95. The smallest absolute Gasteiger partial charge is 0.229 e. The van der Waals surface area contributed by atoms with Crippen LogP contribution in [0.1, 0.15) is 39.2 Å². The Morgan fingerprint density at radius 3 is 2.45 bits per heavy atom. The van der Waals surface area contributed by atoms with Crippen LogP contribution < -0.4 is 10.6 Å². The molecule has 1 heterocycles. The first kappa shape index (κ1) is 15.0. The molecule has 110 valence electrons. The summed E-state index contributed by atoms with van der Waals surface area (Å²) in [5, 5.41) is 17.0. The molecule has 2 rings (SSSR count). The molecule has 0 radical (unpaired) electrons. The van der Waals surface area contributed by atoms with Crippen molar-refractivity contribution < 1.29 is 9.90 Å². The Kier molecular flexibility index (Phi) is 4.16. The molecule has 1 saturated heterocycles. The van der Waals surface area contributed by atoms with Crippen molar-refractivity contribution >= 4 is 11.6 Å². The van der Waals surface area contributed by atoms with E-state index in [9.17, 15) is 9.90 Å². The van der Waals surface area contributed by atoms with E-state index in [-0.39, 0.29) is 5.91 Å². The first-order valence-corrected chi connectivity index (χ1v) is 7.17. The zero-order valence-corrected chi connectivity index (χ0v) is 12.5. The number of benzene rings is 1. The molecule has 3 N–H and O–H groups in total. The molecule has 1 amide bonds. The van der Waals surface area contributed by atoms with Crippen molar-refractivity contribution in [2.24, 2.45) is 5.41 Å². The quantitative estimate of drug-likeness (QED) is 0.776. The van der Waals surface area contributed by atoms with E-state index in [0.29, 0.717) is 12.8 Å². The summed E-state index contributed by atoms with van der Waals surface area (Å²) in [6, 6.07) is 7.55. The fraction of sp³-hybridized carbons (Fsp3) is 0.562. The highest BCUT2D eigenvalue weighted by atomic mass is 16.3. The predicted octanol–water partition coefficient (Wildman–Crippen LogP) is 2.24. The Morgan fingerprint density at radius 2 is 1.85 bits per heavy atom. The highest BCUT2D eigenvalue weighted by Gasteiger charge is 2.34. The average Bonchev–Trinajstić information content (AvgIpc) is 2.39. The maximum absolute atomic E-state index is 12.2. The van der Waals surface area contributed by atoms with Gasteiger partial charge in [-0.3, -0.25) is 4.79 Å². The van der Waals surface area contributed by atoms with Gasteiger partial charge in [0.05, 0.1) is 5.60 Å². The lowest BCUT2D eigenvalue weighted by molar-refractivity contribution is -0.123. The fourth-order valence-corrected chi connectivity index (χ4v) is 2.42. The minimum absolute atomic E-state index is 0.0394. The summed E-state index contributed by atoms with van der Waals surface area (Å²) < 4.78 is 0. The standard InChI is InChI=1S/C16H24N2O2/c1-15(2,3)14(19)18-13-7-5-4-6-12(13)16(20)8-10-17-11-9-16/h4-7,17,20H,8-11H2,1-3H3,(H,18,19). The van der Waals surface area contributed by atoms with Crippen molar-refractivity contribution in [1.29, 1.82) is 0 Å². The molecule has 4 heteroatoms. The van der Waals surface area contributed by atoms with E-state index in [1.54, 1.807) is 0 Å². The van der Waals surface area contributed by atoms with Crippen LogP contribution in [0.5, 0.6) is 0 Å². The van der Waals surface area contributed by atoms with Gasteiger partial charge in [0, 0.05) is 16.7 Å². The SMILES string of the molecule is CC(C)(C)C(=O)Nc1ccccc1C1(O)CCNCC1. The molecule has 1 aromatic carbocycles. The zero-order valence-electron chi connectivity index (χ0n) is 12.5. The van der Waals surface area contributed by atoms with Gasteiger partial charge < -0.3 is 15.7 Å². The molecule has 1 aliphatic heterocycles. The molecular formula is C16H24N2O2. The first-order chi connectivity index (χ1) is 9.33. The van der Waals surface area contributed by atoms with Crippen LogP contribution in [0.2, 0.25) is 0 Å². The number of para-hydroxylation sites is 1. The van der Waals surface area contributed by atoms with Gasteiger partial charge in [-0.2, -0.15) is 0 Å². The van der Waals surface area contributed by atoms with Gasteiger partial charge in [-0.05, 0) is 32.0 Å². The van der Waals surface area contributed by atoms with Crippen molar-refractivity contribution in [3.63, 3.8) is 0 Å². The van der Waals surface area contributed by atoms with Gasteiger partial charge in [0.2, 0.25) is 5.91 Å². The van der Waals surface area contributed by atoms with Crippen molar-refractivity contribution in [3.8, 4) is 0 Å². The zero-order chi connectivity index (χ0) is 14.8. The maximum atomic E-state index is 12.2. The summed E-state index contributed by atoms with van der Waals surface area (Å²) in [7, 11) is 0. The summed E-state index contributed by atoms with van der Waals surface area (Å²) >= 11 is 0. The van der Waals surface area contributed by atoms with E-state index in [0.717, 1.165) is 24.3 Å². The molecule has 1 aliphatic rings. The van der Waals surface area contributed by atoms with Gasteiger partial charge in [-0.1, -0.05) is 39.0 Å². The molecule has 1 aromatic rings. The number of amides is 1. The number of rotatable bonds is 2. The normalized spacial score (nSPS) is 18.6. The second-order valence-corrected chi connectivity index (χ2v) is 6.53. The molecule has 0 saturated carbocycles. The number of carbonyl (C=O) groups excluding carboxylic acids is 1. The maximum Gasteiger partial charge on any atom is 0.229 e. The minimum Gasteiger partial charge on any atom is -0.385 e. The Labute approximate surface area is 120 Å². The number of aliphatic hydroxyl groups is 1. The van der Waals surface area contributed by atoms with Gasteiger partial charge >= 0.3 is 0 Å². The summed E-state index contributed by atoms with van der Waals surface area (Å²) in [6.45, 7) is 7.22. The van der Waals surface area contributed by atoms with Gasteiger partial charge in [-0.25, -0.2) is 0 Å². The third-order valence-corrected chi connectivity index (χ3v) is 3.79. The van der Waals surface area contributed by atoms with Crippen LogP contribution in [-0.4, -0.2) is 24.1 Å². The van der Waals surface area contributed by atoms with Gasteiger partial charge in [0.15, 0.2) is 0 Å². The second-order valence-electron chi connectivity index (χ2n) is 6.53. The molecule has 0 unspecified atom stereocenters. The van der Waals surface area contributed by atoms with Crippen molar-refractivity contribution in [3.05, 3.63) is 29.8 Å². The van der Waals surface area contributed by atoms with E-state index < -0.39 is 11.0 Å². The Bertz CT molecular complexity index is 485. The minimum atomic E-state index is -0.854. The Morgan fingerprint density at radius 1 is 1.25 bits per heavy atom. The van der Waals surface area contributed by atoms with E-state index in [4.69, 9.17) is 0 Å². The molecule has 0 aromatic heterocycles. The topological polar surface area (TPSA) is 61.4 Å². The number of hydrogen-bond donors (Lipinski definition) is 3. The van der Waals surface area contributed by atoms with Crippen LogP contribution in [0.15, 0.2) is 24.3 Å². The number of carbonyl (C=O) groups is 1. The molecule has 4 nitrogen and oxygen atoms in total. The van der Waals surface area contributed by atoms with Crippen molar-refractivity contribution in [1.82, 2.24) is 5.32 Å². The van der Waals surface area contributed by atoms with Crippen LogP contribution >= 0.6 is 0 Å². The van der Waals surface area contributed by atoms with E-state index in [1.165, 1.54) is 0 Å². The summed E-state index contributed by atoms with van der Waals surface area (Å²) in [4.78, 5) is 12.2. The number of hydrogen-bond acceptors (Lipinski definition) is 3. The Balaban J connectivity index is 2.29. The van der Waals surface area contributed by atoms with Crippen LogP contribution in [0.25, 0.3) is 0 Å². The fourth-order valence-electron chi connectivity index (χ4n) is 2.42. The van der Waals surface area contributed by atoms with Crippen LogP contribution in [-0.2, 0) is 10.4 Å². The molecule has 0 atom stereocenters. The highest BCUT2D eigenvalue weighted by Crippen LogP contribution is 2.35. The summed E-state index contributed by atoms with van der Waals surface area (Å²) in [5.41, 5.74) is 0.229. The van der Waals surface area contributed by atoms with E-state index >= 15 is 0 Å². The monoisotopic (exact) mass is 276 g/mol. The molecule has 1 fully saturated rings. The molecule has 0 aliphatic carbocycles. The van der Waals surface area contributed by atoms with E-state index in [1.807, 2.05) is 45.0 Å². The Hall–Kier alpha value is -1.39. The lowest BCUT2D eigenvalue weighted by Crippen LogP contribution is -2.40. The van der Waals surface area contributed by atoms with Gasteiger partial charge in [0.25, 0.3) is 0 Å².